The molecule has 2 rings (SSSR count). The second-order valence-electron chi connectivity index (χ2n) is 6.12. The molecule has 126 valence electrons. The van der Waals surface area contributed by atoms with Crippen LogP contribution in [-0.2, 0) is 9.59 Å². The lowest BCUT2D eigenvalue weighted by atomic mass is 9.81. The number of nitrogens with one attached hydrogen (secondary N) is 1. The second-order valence-corrected chi connectivity index (χ2v) is 6.12. The van der Waals surface area contributed by atoms with Crippen molar-refractivity contribution < 1.29 is 19.4 Å². The minimum atomic E-state index is -0.797. The molecule has 0 spiro atoms. The average Bonchev–Trinajstić information content (AvgIpc) is 2.55. The molecule has 1 amide bonds. The monoisotopic (exact) mass is 319 g/mol. The molecular weight excluding hydrogens is 294 g/mol. The summed E-state index contributed by atoms with van der Waals surface area (Å²) in [6, 6.07) is 7.34. The zero-order valence-electron chi connectivity index (χ0n) is 13.6. The number of amides is 1. The van der Waals surface area contributed by atoms with Crippen LogP contribution in [0.15, 0.2) is 24.3 Å². The number of ether oxygens (including phenoxy) is 1. The third kappa shape index (κ3) is 5.27. The lowest BCUT2D eigenvalue weighted by Gasteiger charge is -2.25. The predicted molar refractivity (Wildman–Crippen MR) is 88.6 cm³/mol. The fourth-order valence-electron chi connectivity index (χ4n) is 2.89. The van der Waals surface area contributed by atoms with E-state index >= 15 is 0 Å². The highest BCUT2D eigenvalue weighted by Crippen LogP contribution is 2.30. The van der Waals surface area contributed by atoms with E-state index in [9.17, 15) is 9.59 Å². The highest BCUT2D eigenvalue weighted by molar-refractivity contribution is 5.93. The Morgan fingerprint density at radius 2 is 2.09 bits per heavy atom. The zero-order chi connectivity index (χ0) is 16.7. The summed E-state index contributed by atoms with van der Waals surface area (Å²) in [7, 11) is 0. The number of carbonyl (C=O) groups excluding carboxylic acids is 1. The van der Waals surface area contributed by atoms with Crippen LogP contribution in [-0.4, -0.2) is 23.6 Å². The average molecular weight is 319 g/mol. The third-order valence-corrected chi connectivity index (χ3v) is 4.26. The van der Waals surface area contributed by atoms with Crippen LogP contribution < -0.4 is 10.1 Å². The normalized spacial score (nSPS) is 20.7. The van der Waals surface area contributed by atoms with E-state index in [1.54, 1.807) is 0 Å². The molecule has 0 bridgehead atoms. The quantitative estimate of drug-likeness (QED) is 0.751. The maximum atomic E-state index is 12.4. The molecule has 0 radical (unpaired) electrons. The second kappa shape index (κ2) is 8.56. The molecule has 1 fully saturated rings. The summed E-state index contributed by atoms with van der Waals surface area (Å²) in [6.07, 6.45) is 4.70. The van der Waals surface area contributed by atoms with Gasteiger partial charge in [-0.15, -0.1) is 0 Å². The number of carbonyl (C=O) groups is 2. The number of unbranched alkanes of at least 4 members (excludes halogenated alkanes) is 1. The van der Waals surface area contributed by atoms with E-state index in [0.717, 1.165) is 31.4 Å². The molecule has 5 nitrogen and oxygen atoms in total. The molecule has 1 aromatic carbocycles. The van der Waals surface area contributed by atoms with Crippen LogP contribution in [0.2, 0.25) is 0 Å². The van der Waals surface area contributed by atoms with Gasteiger partial charge >= 0.3 is 5.97 Å². The molecule has 5 heteroatoms. The van der Waals surface area contributed by atoms with Crippen LogP contribution >= 0.6 is 0 Å². The Hall–Kier alpha value is -2.04. The van der Waals surface area contributed by atoms with Crippen LogP contribution in [0.3, 0.4) is 0 Å². The van der Waals surface area contributed by atoms with Crippen LogP contribution in [0.5, 0.6) is 5.75 Å². The zero-order valence-corrected chi connectivity index (χ0v) is 13.6. The number of carboxylic acid groups (broad SMARTS) is 1. The standard InChI is InChI=1S/C18H25NO4/c1-2-3-10-23-16-9-5-8-15(12-16)19-17(20)13-6-4-7-14(11-13)18(21)22/h5,8-9,12-14H,2-4,6-7,10-11H2,1H3,(H,19,20)(H,21,22). The van der Waals surface area contributed by atoms with Crippen molar-refractivity contribution in [3.8, 4) is 5.75 Å². The SMILES string of the molecule is CCCCOc1cccc(NC(=O)C2CCCC(C(=O)O)C2)c1. The van der Waals surface area contributed by atoms with E-state index in [0.29, 0.717) is 25.1 Å². The Bertz CT molecular complexity index is 544. The molecular formula is C18H25NO4. The largest absolute Gasteiger partial charge is 0.494 e. The molecule has 1 aliphatic carbocycles. The summed E-state index contributed by atoms with van der Waals surface area (Å²) in [5.74, 6) is -0.781. The van der Waals surface area contributed by atoms with Crippen molar-refractivity contribution in [1.82, 2.24) is 0 Å². The fourth-order valence-corrected chi connectivity index (χ4v) is 2.89. The summed E-state index contributed by atoms with van der Waals surface area (Å²) < 4.78 is 5.63. The lowest BCUT2D eigenvalue weighted by Crippen LogP contribution is -2.30. The first-order valence-corrected chi connectivity index (χ1v) is 8.36. The molecule has 0 heterocycles. The highest BCUT2D eigenvalue weighted by Gasteiger charge is 2.31. The van der Waals surface area contributed by atoms with E-state index in [1.807, 2.05) is 24.3 Å². The van der Waals surface area contributed by atoms with Gasteiger partial charge in [0.05, 0.1) is 12.5 Å². The molecule has 23 heavy (non-hydrogen) atoms. The van der Waals surface area contributed by atoms with Gasteiger partial charge in [-0.05, 0) is 37.8 Å². The Morgan fingerprint density at radius 3 is 2.83 bits per heavy atom. The minimum absolute atomic E-state index is 0.0957. The molecule has 2 unspecified atom stereocenters. The summed E-state index contributed by atoms with van der Waals surface area (Å²) in [6.45, 7) is 2.77. The molecule has 1 aromatic rings. The summed E-state index contributed by atoms with van der Waals surface area (Å²) in [5, 5.41) is 12.0. The molecule has 0 aliphatic heterocycles. The van der Waals surface area contributed by atoms with Gasteiger partial charge < -0.3 is 15.2 Å². The summed E-state index contributed by atoms with van der Waals surface area (Å²) >= 11 is 0. The number of anilines is 1. The van der Waals surface area contributed by atoms with E-state index in [1.165, 1.54) is 0 Å². The van der Waals surface area contributed by atoms with Gasteiger partial charge in [-0.25, -0.2) is 0 Å². The smallest absolute Gasteiger partial charge is 0.306 e. The Morgan fingerprint density at radius 1 is 1.30 bits per heavy atom. The Balaban J connectivity index is 1.91. The van der Waals surface area contributed by atoms with Crippen LogP contribution in [0.1, 0.15) is 45.4 Å². The van der Waals surface area contributed by atoms with Crippen molar-refractivity contribution in [3.63, 3.8) is 0 Å². The first-order chi connectivity index (χ1) is 11.1. The van der Waals surface area contributed by atoms with Crippen molar-refractivity contribution in [2.24, 2.45) is 11.8 Å². The van der Waals surface area contributed by atoms with E-state index in [4.69, 9.17) is 9.84 Å². The number of rotatable bonds is 7. The molecule has 2 N–H and O–H groups in total. The Labute approximate surface area is 137 Å². The molecule has 2 atom stereocenters. The lowest BCUT2D eigenvalue weighted by molar-refractivity contribution is -0.143. The predicted octanol–water partition coefficient (Wildman–Crippen LogP) is 3.70. The Kier molecular flexibility index (Phi) is 6.44. The van der Waals surface area contributed by atoms with Gasteiger partial charge in [-0.2, -0.15) is 0 Å². The van der Waals surface area contributed by atoms with Crippen LogP contribution in [0.4, 0.5) is 5.69 Å². The minimum Gasteiger partial charge on any atom is -0.494 e. The van der Waals surface area contributed by atoms with Crippen molar-refractivity contribution in [1.29, 1.82) is 0 Å². The van der Waals surface area contributed by atoms with Gasteiger partial charge in [-0.3, -0.25) is 9.59 Å². The maximum Gasteiger partial charge on any atom is 0.306 e. The van der Waals surface area contributed by atoms with Gasteiger partial charge in [0, 0.05) is 17.7 Å². The first kappa shape index (κ1) is 17.3. The number of hydrogen-bond acceptors (Lipinski definition) is 3. The molecule has 1 aliphatic rings. The number of carboxylic acids is 1. The third-order valence-electron chi connectivity index (χ3n) is 4.26. The topological polar surface area (TPSA) is 75.6 Å². The van der Waals surface area contributed by atoms with Crippen molar-refractivity contribution in [2.45, 2.75) is 45.4 Å². The number of benzene rings is 1. The molecule has 0 aromatic heterocycles. The van der Waals surface area contributed by atoms with Crippen molar-refractivity contribution in [3.05, 3.63) is 24.3 Å². The molecule has 0 saturated heterocycles. The highest BCUT2D eigenvalue weighted by atomic mass is 16.5. The van der Waals surface area contributed by atoms with Crippen molar-refractivity contribution in [2.75, 3.05) is 11.9 Å². The fraction of sp³-hybridized carbons (Fsp3) is 0.556. The van der Waals surface area contributed by atoms with Crippen molar-refractivity contribution >= 4 is 17.6 Å². The summed E-state index contributed by atoms with van der Waals surface area (Å²) in [4.78, 5) is 23.5. The van der Waals surface area contributed by atoms with E-state index < -0.39 is 11.9 Å². The van der Waals surface area contributed by atoms with Gasteiger partial charge in [-0.1, -0.05) is 25.8 Å². The van der Waals surface area contributed by atoms with Gasteiger partial charge in [0.2, 0.25) is 5.91 Å². The first-order valence-electron chi connectivity index (χ1n) is 8.36. The van der Waals surface area contributed by atoms with Crippen LogP contribution in [0, 0.1) is 11.8 Å². The van der Waals surface area contributed by atoms with E-state index in [2.05, 4.69) is 12.2 Å². The number of hydrogen-bond donors (Lipinski definition) is 2. The van der Waals surface area contributed by atoms with Gasteiger partial charge in [0.1, 0.15) is 5.75 Å². The van der Waals surface area contributed by atoms with Gasteiger partial charge in [0.25, 0.3) is 0 Å². The van der Waals surface area contributed by atoms with E-state index in [-0.39, 0.29) is 11.8 Å². The van der Waals surface area contributed by atoms with Gasteiger partial charge in [0.15, 0.2) is 0 Å². The van der Waals surface area contributed by atoms with Crippen LogP contribution in [0.25, 0.3) is 0 Å². The summed E-state index contributed by atoms with van der Waals surface area (Å²) in [5.41, 5.74) is 0.696. The maximum absolute atomic E-state index is 12.4. The molecule has 1 saturated carbocycles. The number of aliphatic carboxylic acids is 1.